The molecule has 0 saturated heterocycles. The Balaban J connectivity index is 2.62. The summed E-state index contributed by atoms with van der Waals surface area (Å²) in [5.74, 6) is 1.84. The van der Waals surface area contributed by atoms with E-state index in [1.54, 1.807) is 0 Å². The van der Waals surface area contributed by atoms with E-state index in [0.29, 0.717) is 0 Å². The van der Waals surface area contributed by atoms with Crippen molar-refractivity contribution in [1.82, 2.24) is 0 Å². The summed E-state index contributed by atoms with van der Waals surface area (Å²) in [6.45, 7) is 13.1. The van der Waals surface area contributed by atoms with Crippen LogP contribution in [0.2, 0.25) is 0 Å². The first-order valence-electron chi connectivity index (χ1n) is 6.76. The average molecular weight is 257 g/mol. The minimum Gasteiger partial charge on any atom is -0.459 e. The van der Waals surface area contributed by atoms with Crippen LogP contribution in [0.3, 0.4) is 0 Å². The molecule has 0 fully saturated rings. The number of allylic oxidation sites excluding steroid dienone is 2. The minimum absolute atomic E-state index is 0.00809. The van der Waals surface area contributed by atoms with Crippen molar-refractivity contribution in [3.63, 3.8) is 0 Å². The van der Waals surface area contributed by atoms with Crippen LogP contribution in [0.1, 0.15) is 41.5 Å². The van der Waals surface area contributed by atoms with E-state index in [-0.39, 0.29) is 10.8 Å². The Morgan fingerprint density at radius 3 is 2.11 bits per heavy atom. The number of hydrogen-bond donors (Lipinski definition) is 0. The number of ether oxygens (including phenoxy) is 1. The summed E-state index contributed by atoms with van der Waals surface area (Å²) in [5.41, 5.74) is 2.01. The van der Waals surface area contributed by atoms with Gasteiger partial charge in [0.15, 0.2) is 5.75 Å². The number of rotatable bonds is 0. The number of fused-ring (bicyclic) bond motifs is 1. The van der Waals surface area contributed by atoms with E-state index in [1.165, 1.54) is 0 Å². The largest absolute Gasteiger partial charge is 0.459 e. The molecule has 0 saturated carbocycles. The number of para-hydroxylation sites is 2. The number of hydrogen-bond acceptors (Lipinski definition) is 2. The van der Waals surface area contributed by atoms with Crippen molar-refractivity contribution in [2.45, 2.75) is 41.5 Å². The summed E-state index contributed by atoms with van der Waals surface area (Å²) in [5, 5.41) is 0. The minimum atomic E-state index is -0.0495. The summed E-state index contributed by atoms with van der Waals surface area (Å²) < 4.78 is 6.22. The Kier molecular flexibility index (Phi) is 3.29. The third kappa shape index (κ3) is 2.89. The van der Waals surface area contributed by atoms with Crippen molar-refractivity contribution in [2.24, 2.45) is 15.8 Å². The molecule has 2 nitrogen and oxygen atoms in total. The van der Waals surface area contributed by atoms with Gasteiger partial charge in [0.05, 0.1) is 0 Å². The van der Waals surface area contributed by atoms with Crippen LogP contribution >= 0.6 is 0 Å². The molecule has 0 N–H and O–H groups in total. The fourth-order valence-corrected chi connectivity index (χ4v) is 2.10. The number of nitrogens with zero attached hydrogens (tertiary/aromatic N) is 1. The highest BCUT2D eigenvalue weighted by Gasteiger charge is 2.31. The van der Waals surface area contributed by atoms with E-state index in [2.05, 4.69) is 46.5 Å². The molecular formula is C17H23NO. The molecule has 0 spiro atoms. The SMILES string of the molecule is CC(C)(C)C1=C(C(C)(C)C)Oc2ccccc2N=C1. The Labute approximate surface area is 116 Å². The predicted octanol–water partition coefficient (Wildman–Crippen LogP) is 5.13. The van der Waals surface area contributed by atoms with Gasteiger partial charge in [-0.3, -0.25) is 4.99 Å². The molecule has 0 unspecified atom stereocenters. The molecule has 0 aliphatic carbocycles. The van der Waals surface area contributed by atoms with Gasteiger partial charge in [0, 0.05) is 17.2 Å². The van der Waals surface area contributed by atoms with Crippen LogP contribution < -0.4 is 4.74 Å². The van der Waals surface area contributed by atoms with Crippen LogP contribution in [0.5, 0.6) is 5.75 Å². The second kappa shape index (κ2) is 4.52. The first kappa shape index (κ1) is 13.9. The van der Waals surface area contributed by atoms with Crippen LogP contribution in [-0.4, -0.2) is 6.21 Å². The Morgan fingerprint density at radius 2 is 1.53 bits per heavy atom. The lowest BCUT2D eigenvalue weighted by Gasteiger charge is -2.30. The molecule has 0 bridgehead atoms. The van der Waals surface area contributed by atoms with Gasteiger partial charge >= 0.3 is 0 Å². The van der Waals surface area contributed by atoms with Gasteiger partial charge in [-0.2, -0.15) is 0 Å². The Hall–Kier alpha value is -1.57. The molecule has 102 valence electrons. The molecule has 1 aliphatic rings. The van der Waals surface area contributed by atoms with Crippen LogP contribution in [0.4, 0.5) is 5.69 Å². The van der Waals surface area contributed by atoms with Crippen molar-refractivity contribution in [1.29, 1.82) is 0 Å². The molecule has 2 heteroatoms. The van der Waals surface area contributed by atoms with E-state index >= 15 is 0 Å². The topological polar surface area (TPSA) is 21.6 Å². The van der Waals surface area contributed by atoms with Gasteiger partial charge in [-0.25, -0.2) is 0 Å². The van der Waals surface area contributed by atoms with Crippen LogP contribution in [0.25, 0.3) is 0 Å². The van der Waals surface area contributed by atoms with Crippen molar-refractivity contribution in [2.75, 3.05) is 0 Å². The smallest absolute Gasteiger partial charge is 0.152 e. The number of benzene rings is 1. The standard InChI is InChI=1S/C17H23NO/c1-16(2,3)12-11-18-13-9-7-8-10-14(13)19-15(12)17(4,5)6/h7-11H,1-6H3. The first-order chi connectivity index (χ1) is 8.69. The molecule has 0 aromatic heterocycles. The molecule has 0 amide bonds. The van der Waals surface area contributed by atoms with Gasteiger partial charge in [0.2, 0.25) is 0 Å². The summed E-state index contributed by atoms with van der Waals surface area (Å²) in [6, 6.07) is 7.93. The molecule has 1 aliphatic heterocycles. The van der Waals surface area contributed by atoms with Crippen molar-refractivity contribution >= 4 is 11.9 Å². The normalized spacial score (nSPS) is 15.9. The molecule has 19 heavy (non-hydrogen) atoms. The summed E-state index contributed by atoms with van der Waals surface area (Å²) in [7, 11) is 0. The van der Waals surface area contributed by atoms with Gasteiger partial charge in [0.25, 0.3) is 0 Å². The van der Waals surface area contributed by atoms with Gasteiger partial charge in [-0.15, -0.1) is 0 Å². The fourth-order valence-electron chi connectivity index (χ4n) is 2.10. The van der Waals surface area contributed by atoms with Crippen molar-refractivity contribution in [3.8, 4) is 5.75 Å². The van der Waals surface area contributed by atoms with E-state index in [4.69, 9.17) is 4.74 Å². The first-order valence-corrected chi connectivity index (χ1v) is 6.76. The van der Waals surface area contributed by atoms with E-state index < -0.39 is 0 Å². The van der Waals surface area contributed by atoms with Gasteiger partial charge < -0.3 is 4.74 Å². The molecule has 2 rings (SSSR count). The lowest BCUT2D eigenvalue weighted by Crippen LogP contribution is -2.23. The zero-order chi connectivity index (χ0) is 14.3. The lowest BCUT2D eigenvalue weighted by molar-refractivity contribution is 0.280. The van der Waals surface area contributed by atoms with Crippen molar-refractivity contribution in [3.05, 3.63) is 35.6 Å². The third-order valence-electron chi connectivity index (χ3n) is 3.14. The highest BCUT2D eigenvalue weighted by molar-refractivity contribution is 5.85. The zero-order valence-electron chi connectivity index (χ0n) is 12.7. The van der Waals surface area contributed by atoms with Gasteiger partial charge in [-0.1, -0.05) is 53.7 Å². The maximum absolute atomic E-state index is 6.22. The molecular weight excluding hydrogens is 234 g/mol. The molecule has 1 aromatic rings. The quantitative estimate of drug-likeness (QED) is 0.631. The second-order valence-electron chi connectivity index (χ2n) is 7.07. The third-order valence-corrected chi connectivity index (χ3v) is 3.14. The molecule has 1 heterocycles. The Bertz CT molecular complexity index is 539. The highest BCUT2D eigenvalue weighted by atomic mass is 16.5. The van der Waals surface area contributed by atoms with E-state index in [0.717, 1.165) is 22.8 Å². The van der Waals surface area contributed by atoms with Crippen molar-refractivity contribution < 1.29 is 4.74 Å². The fraction of sp³-hybridized carbons (Fsp3) is 0.471. The highest BCUT2D eigenvalue weighted by Crippen LogP contribution is 2.41. The van der Waals surface area contributed by atoms with Crippen LogP contribution in [-0.2, 0) is 0 Å². The summed E-state index contributed by atoms with van der Waals surface area (Å²) in [6.07, 6.45) is 1.96. The maximum Gasteiger partial charge on any atom is 0.152 e. The molecule has 0 radical (unpaired) electrons. The maximum atomic E-state index is 6.22. The van der Waals surface area contributed by atoms with Crippen LogP contribution in [0, 0.1) is 10.8 Å². The molecule has 0 atom stereocenters. The second-order valence-corrected chi connectivity index (χ2v) is 7.07. The van der Waals surface area contributed by atoms with Crippen LogP contribution in [0.15, 0.2) is 40.6 Å². The summed E-state index contributed by atoms with van der Waals surface area (Å²) in [4.78, 5) is 4.59. The lowest BCUT2D eigenvalue weighted by atomic mass is 9.80. The average Bonchev–Trinajstić information content (AvgIpc) is 2.46. The van der Waals surface area contributed by atoms with E-state index in [1.807, 2.05) is 30.5 Å². The Morgan fingerprint density at radius 1 is 0.895 bits per heavy atom. The zero-order valence-corrected chi connectivity index (χ0v) is 12.7. The monoisotopic (exact) mass is 257 g/mol. The predicted molar refractivity (Wildman–Crippen MR) is 81.2 cm³/mol. The van der Waals surface area contributed by atoms with E-state index in [9.17, 15) is 0 Å². The van der Waals surface area contributed by atoms with Gasteiger partial charge in [-0.05, 0) is 17.5 Å². The molecule has 1 aromatic carbocycles. The van der Waals surface area contributed by atoms with Gasteiger partial charge in [0.1, 0.15) is 11.4 Å². The summed E-state index contributed by atoms with van der Waals surface area (Å²) >= 11 is 0. The number of aliphatic imine (C=N–C) groups is 1.